The zero-order chi connectivity index (χ0) is 13.7. The Kier molecular flexibility index (Phi) is 5.14. The molecular formula is C16H18BrNO. The van der Waals surface area contributed by atoms with E-state index >= 15 is 0 Å². The fourth-order valence-corrected chi connectivity index (χ4v) is 2.47. The fraction of sp³-hybridized carbons (Fsp3) is 0.250. The van der Waals surface area contributed by atoms with Gasteiger partial charge in [-0.05, 0) is 24.2 Å². The Hall–Kier alpha value is -1.16. The molecule has 0 saturated carbocycles. The van der Waals surface area contributed by atoms with Gasteiger partial charge in [-0.25, -0.2) is 0 Å². The molecule has 0 aliphatic heterocycles. The van der Waals surface area contributed by atoms with Crippen molar-refractivity contribution in [2.24, 2.45) is 0 Å². The summed E-state index contributed by atoms with van der Waals surface area (Å²) in [6, 6.07) is 17.9. The second-order valence-electron chi connectivity index (χ2n) is 4.71. The average molecular weight is 320 g/mol. The van der Waals surface area contributed by atoms with Gasteiger partial charge >= 0.3 is 0 Å². The van der Waals surface area contributed by atoms with Gasteiger partial charge in [0.25, 0.3) is 0 Å². The van der Waals surface area contributed by atoms with Crippen LogP contribution in [0.2, 0.25) is 0 Å². The predicted octanol–water partition coefficient (Wildman–Crippen LogP) is 3.61. The van der Waals surface area contributed by atoms with Crippen LogP contribution in [0.5, 0.6) is 0 Å². The summed E-state index contributed by atoms with van der Waals surface area (Å²) >= 11 is 3.55. The Labute approximate surface area is 122 Å². The monoisotopic (exact) mass is 319 g/mol. The summed E-state index contributed by atoms with van der Waals surface area (Å²) in [7, 11) is 2.02. The molecule has 1 N–H and O–H groups in total. The van der Waals surface area contributed by atoms with Crippen molar-refractivity contribution in [2.75, 3.05) is 13.6 Å². The van der Waals surface area contributed by atoms with Gasteiger partial charge in [0.1, 0.15) is 0 Å². The van der Waals surface area contributed by atoms with Crippen LogP contribution >= 0.6 is 15.9 Å². The average Bonchev–Trinajstić information content (AvgIpc) is 2.42. The number of nitrogens with zero attached hydrogens (tertiary/aromatic N) is 1. The summed E-state index contributed by atoms with van der Waals surface area (Å²) in [6.45, 7) is 1.43. The highest BCUT2D eigenvalue weighted by molar-refractivity contribution is 9.10. The van der Waals surface area contributed by atoms with Gasteiger partial charge in [0.05, 0.1) is 6.10 Å². The van der Waals surface area contributed by atoms with Crippen molar-refractivity contribution in [2.45, 2.75) is 12.6 Å². The first-order valence-corrected chi connectivity index (χ1v) is 7.11. The van der Waals surface area contributed by atoms with Crippen LogP contribution in [0.3, 0.4) is 0 Å². The predicted molar refractivity (Wildman–Crippen MR) is 81.9 cm³/mol. The van der Waals surface area contributed by atoms with Crippen LogP contribution in [0, 0.1) is 0 Å². The number of aliphatic hydroxyl groups excluding tert-OH is 1. The van der Waals surface area contributed by atoms with E-state index in [2.05, 4.69) is 26.9 Å². The third kappa shape index (κ3) is 4.16. The summed E-state index contributed by atoms with van der Waals surface area (Å²) in [5.74, 6) is 0. The van der Waals surface area contributed by atoms with Gasteiger partial charge in [-0.1, -0.05) is 64.5 Å². The normalized spacial score (nSPS) is 12.6. The lowest BCUT2D eigenvalue weighted by atomic mass is 10.1. The van der Waals surface area contributed by atoms with Gasteiger partial charge in [0.2, 0.25) is 0 Å². The van der Waals surface area contributed by atoms with E-state index in [0.717, 1.165) is 16.6 Å². The van der Waals surface area contributed by atoms with Crippen molar-refractivity contribution in [1.29, 1.82) is 0 Å². The van der Waals surface area contributed by atoms with Crippen LogP contribution < -0.4 is 0 Å². The van der Waals surface area contributed by atoms with E-state index in [1.54, 1.807) is 0 Å². The SMILES string of the molecule is CN(Cc1ccccc1Br)C[C@@H](O)c1ccccc1. The van der Waals surface area contributed by atoms with E-state index in [0.29, 0.717) is 6.54 Å². The highest BCUT2D eigenvalue weighted by Crippen LogP contribution is 2.19. The van der Waals surface area contributed by atoms with Crippen LogP contribution in [0.15, 0.2) is 59.1 Å². The third-order valence-corrected chi connectivity index (χ3v) is 3.84. The minimum Gasteiger partial charge on any atom is -0.387 e. The number of hydrogen-bond donors (Lipinski definition) is 1. The molecule has 0 bridgehead atoms. The molecule has 2 aromatic rings. The second-order valence-corrected chi connectivity index (χ2v) is 5.57. The van der Waals surface area contributed by atoms with Gasteiger partial charge in [0, 0.05) is 17.6 Å². The standard InChI is InChI=1S/C16H18BrNO/c1-18(11-14-9-5-6-10-15(14)17)12-16(19)13-7-3-2-4-8-13/h2-10,16,19H,11-12H2,1H3/t16-/m1/s1. The minimum atomic E-state index is -0.450. The maximum atomic E-state index is 10.2. The Morgan fingerprint density at radius 3 is 2.37 bits per heavy atom. The summed E-state index contributed by atoms with van der Waals surface area (Å²) in [6.07, 6.45) is -0.450. The fourth-order valence-electron chi connectivity index (χ4n) is 2.06. The molecule has 3 heteroatoms. The maximum Gasteiger partial charge on any atom is 0.0916 e. The number of aliphatic hydroxyl groups is 1. The molecule has 2 aromatic carbocycles. The Morgan fingerprint density at radius 2 is 1.68 bits per heavy atom. The van der Waals surface area contributed by atoms with E-state index in [9.17, 15) is 5.11 Å². The number of halogens is 1. The van der Waals surface area contributed by atoms with Gasteiger partial charge < -0.3 is 5.11 Å². The molecule has 0 spiro atoms. The lowest BCUT2D eigenvalue weighted by Gasteiger charge is -2.21. The quantitative estimate of drug-likeness (QED) is 0.910. The van der Waals surface area contributed by atoms with E-state index < -0.39 is 6.10 Å². The molecule has 0 fully saturated rings. The van der Waals surface area contributed by atoms with Gasteiger partial charge in [-0.15, -0.1) is 0 Å². The van der Waals surface area contributed by atoms with E-state index in [4.69, 9.17) is 0 Å². The molecule has 0 unspecified atom stereocenters. The van der Waals surface area contributed by atoms with Gasteiger partial charge in [0.15, 0.2) is 0 Å². The van der Waals surface area contributed by atoms with Crippen molar-refractivity contribution < 1.29 is 5.11 Å². The van der Waals surface area contributed by atoms with Crippen LogP contribution in [0.4, 0.5) is 0 Å². The molecule has 19 heavy (non-hydrogen) atoms. The molecular weight excluding hydrogens is 302 g/mol. The van der Waals surface area contributed by atoms with Gasteiger partial charge in [-0.2, -0.15) is 0 Å². The molecule has 1 atom stereocenters. The summed E-state index contributed by atoms with van der Waals surface area (Å²) < 4.78 is 1.11. The van der Waals surface area contributed by atoms with Crippen molar-refractivity contribution in [3.63, 3.8) is 0 Å². The van der Waals surface area contributed by atoms with Crippen molar-refractivity contribution in [3.05, 3.63) is 70.2 Å². The molecule has 0 aliphatic rings. The Morgan fingerprint density at radius 1 is 1.05 bits per heavy atom. The van der Waals surface area contributed by atoms with E-state index in [1.807, 2.05) is 55.6 Å². The van der Waals surface area contributed by atoms with Crippen molar-refractivity contribution in [3.8, 4) is 0 Å². The van der Waals surface area contributed by atoms with Crippen LogP contribution in [0.25, 0.3) is 0 Å². The number of likely N-dealkylation sites (N-methyl/N-ethyl adjacent to an activating group) is 1. The molecule has 0 amide bonds. The first-order valence-electron chi connectivity index (χ1n) is 6.32. The van der Waals surface area contributed by atoms with Gasteiger partial charge in [-0.3, -0.25) is 4.90 Å². The zero-order valence-electron chi connectivity index (χ0n) is 11.0. The Balaban J connectivity index is 1.95. The van der Waals surface area contributed by atoms with Crippen molar-refractivity contribution >= 4 is 15.9 Å². The number of benzene rings is 2. The molecule has 0 saturated heterocycles. The molecule has 0 aliphatic carbocycles. The van der Waals surface area contributed by atoms with E-state index in [-0.39, 0.29) is 0 Å². The molecule has 2 nitrogen and oxygen atoms in total. The summed E-state index contributed by atoms with van der Waals surface area (Å²) in [5, 5.41) is 10.2. The first kappa shape index (κ1) is 14.3. The number of hydrogen-bond acceptors (Lipinski definition) is 2. The second kappa shape index (κ2) is 6.85. The van der Waals surface area contributed by atoms with Crippen molar-refractivity contribution in [1.82, 2.24) is 4.90 Å². The maximum absolute atomic E-state index is 10.2. The minimum absolute atomic E-state index is 0.450. The first-order chi connectivity index (χ1) is 9.16. The largest absolute Gasteiger partial charge is 0.387 e. The summed E-state index contributed by atoms with van der Waals surface area (Å²) in [5.41, 5.74) is 2.19. The molecule has 0 heterocycles. The zero-order valence-corrected chi connectivity index (χ0v) is 12.5. The molecule has 0 radical (unpaired) electrons. The van der Waals surface area contributed by atoms with Crippen LogP contribution in [-0.4, -0.2) is 23.6 Å². The Bertz CT molecular complexity index is 515. The highest BCUT2D eigenvalue weighted by Gasteiger charge is 2.11. The third-order valence-electron chi connectivity index (χ3n) is 3.07. The smallest absolute Gasteiger partial charge is 0.0916 e. The lowest BCUT2D eigenvalue weighted by Crippen LogP contribution is -2.24. The molecule has 0 aromatic heterocycles. The van der Waals surface area contributed by atoms with E-state index in [1.165, 1.54) is 5.56 Å². The lowest BCUT2D eigenvalue weighted by molar-refractivity contribution is 0.123. The molecule has 100 valence electrons. The van der Waals surface area contributed by atoms with Crippen LogP contribution in [-0.2, 0) is 6.54 Å². The summed E-state index contributed by atoms with van der Waals surface area (Å²) in [4.78, 5) is 2.12. The topological polar surface area (TPSA) is 23.5 Å². The molecule has 2 rings (SSSR count). The number of rotatable bonds is 5. The highest BCUT2D eigenvalue weighted by atomic mass is 79.9. The van der Waals surface area contributed by atoms with Crippen LogP contribution in [0.1, 0.15) is 17.2 Å².